The first-order valence-electron chi connectivity index (χ1n) is 9.41. The largest absolute Gasteiger partial charge is 0.383 e. The van der Waals surface area contributed by atoms with Gasteiger partial charge in [-0.15, -0.1) is 0 Å². The molecule has 7 nitrogen and oxygen atoms in total. The maximum absolute atomic E-state index is 13.1. The molecule has 25 heavy (non-hydrogen) atoms. The third-order valence-corrected chi connectivity index (χ3v) is 7.74. The summed E-state index contributed by atoms with van der Waals surface area (Å²) in [5.74, 6) is 0.506. The molecule has 3 aliphatic heterocycles. The van der Waals surface area contributed by atoms with Crippen molar-refractivity contribution < 1.29 is 17.9 Å². The predicted molar refractivity (Wildman–Crippen MR) is 96.2 cm³/mol. The highest BCUT2D eigenvalue weighted by Crippen LogP contribution is 2.30. The Balaban J connectivity index is 1.69. The van der Waals surface area contributed by atoms with Gasteiger partial charge in [0.15, 0.2) is 9.84 Å². The summed E-state index contributed by atoms with van der Waals surface area (Å²) in [6, 6.07) is -0.263. The number of likely N-dealkylation sites (tertiary alicyclic amines) is 1. The summed E-state index contributed by atoms with van der Waals surface area (Å²) < 4.78 is 29.6. The maximum Gasteiger partial charge on any atom is 0.226 e. The molecule has 3 saturated heterocycles. The van der Waals surface area contributed by atoms with Crippen molar-refractivity contribution >= 4 is 15.7 Å². The van der Waals surface area contributed by atoms with Gasteiger partial charge >= 0.3 is 0 Å². The molecule has 0 aromatic rings. The quantitative estimate of drug-likeness (QED) is 0.658. The number of piperidine rings is 1. The molecule has 0 spiro atoms. The molecule has 3 fully saturated rings. The molecule has 0 saturated carbocycles. The number of carbonyl (C=O) groups is 1. The van der Waals surface area contributed by atoms with Crippen LogP contribution in [-0.2, 0) is 19.4 Å². The van der Waals surface area contributed by atoms with Gasteiger partial charge in [-0.25, -0.2) is 8.42 Å². The molecule has 0 aromatic heterocycles. The van der Waals surface area contributed by atoms with Crippen LogP contribution in [-0.4, -0.2) is 106 Å². The van der Waals surface area contributed by atoms with Gasteiger partial charge < -0.3 is 14.5 Å². The highest BCUT2D eigenvalue weighted by molar-refractivity contribution is 7.91. The Kier molecular flexibility index (Phi) is 6.03. The van der Waals surface area contributed by atoms with Crippen molar-refractivity contribution in [2.45, 2.75) is 31.8 Å². The molecule has 144 valence electrons. The summed E-state index contributed by atoms with van der Waals surface area (Å²) in [5.41, 5.74) is 0. The number of nitrogens with zero attached hydrogens (tertiary/aromatic N) is 3. The van der Waals surface area contributed by atoms with Gasteiger partial charge in [0.05, 0.1) is 24.2 Å². The normalized spacial score (nSPS) is 31.2. The number of sulfone groups is 1. The second-order valence-electron chi connectivity index (χ2n) is 7.48. The summed E-state index contributed by atoms with van der Waals surface area (Å²) in [4.78, 5) is 19.6. The van der Waals surface area contributed by atoms with E-state index < -0.39 is 9.84 Å². The number of hydrogen-bond donors (Lipinski definition) is 0. The molecule has 0 radical (unpaired) electrons. The number of carbonyl (C=O) groups excluding carboxylic acids is 1. The van der Waals surface area contributed by atoms with Crippen molar-refractivity contribution in [1.29, 1.82) is 0 Å². The minimum absolute atomic E-state index is 0.0530. The number of rotatable bonds is 5. The predicted octanol–water partition coefficient (Wildman–Crippen LogP) is -0.325. The first kappa shape index (κ1) is 19.1. The van der Waals surface area contributed by atoms with Crippen LogP contribution in [0.15, 0.2) is 0 Å². The molecule has 0 unspecified atom stereocenters. The fourth-order valence-electron chi connectivity index (χ4n) is 4.52. The van der Waals surface area contributed by atoms with E-state index in [1.165, 1.54) is 0 Å². The van der Waals surface area contributed by atoms with Crippen molar-refractivity contribution in [3.8, 4) is 0 Å². The first-order valence-corrected chi connectivity index (χ1v) is 11.2. The fourth-order valence-corrected chi connectivity index (χ4v) is 6.53. The molecule has 0 aliphatic carbocycles. The SMILES string of the molecule is CCN1CCC(C(=O)N2CCN(CCOC)[C@@H]3CS(=O)(=O)C[C@@H]32)CC1. The highest BCUT2D eigenvalue weighted by Gasteiger charge is 2.48. The van der Waals surface area contributed by atoms with Gasteiger partial charge in [0.25, 0.3) is 0 Å². The average Bonchev–Trinajstić information content (AvgIpc) is 2.94. The van der Waals surface area contributed by atoms with Crippen molar-refractivity contribution in [1.82, 2.24) is 14.7 Å². The van der Waals surface area contributed by atoms with Gasteiger partial charge in [-0.3, -0.25) is 9.69 Å². The van der Waals surface area contributed by atoms with Gasteiger partial charge in [-0.2, -0.15) is 0 Å². The van der Waals surface area contributed by atoms with Crippen LogP contribution in [0.1, 0.15) is 19.8 Å². The van der Waals surface area contributed by atoms with E-state index >= 15 is 0 Å². The maximum atomic E-state index is 13.1. The summed E-state index contributed by atoms with van der Waals surface area (Å²) in [7, 11) is -1.42. The summed E-state index contributed by atoms with van der Waals surface area (Å²) >= 11 is 0. The number of hydrogen-bond acceptors (Lipinski definition) is 6. The van der Waals surface area contributed by atoms with Crippen molar-refractivity contribution in [2.24, 2.45) is 5.92 Å². The molecule has 0 bridgehead atoms. The van der Waals surface area contributed by atoms with E-state index in [1.54, 1.807) is 7.11 Å². The molecule has 3 aliphatic rings. The molecule has 1 amide bonds. The van der Waals surface area contributed by atoms with Crippen molar-refractivity contribution in [3.63, 3.8) is 0 Å². The Bertz CT molecular complexity index is 574. The van der Waals surface area contributed by atoms with Crippen LogP contribution >= 0.6 is 0 Å². The fraction of sp³-hybridized carbons (Fsp3) is 0.941. The van der Waals surface area contributed by atoms with Crippen LogP contribution in [0.3, 0.4) is 0 Å². The number of piperazine rings is 1. The molecule has 3 heterocycles. The van der Waals surface area contributed by atoms with Gasteiger partial charge in [0, 0.05) is 38.7 Å². The molecule has 8 heteroatoms. The van der Waals surface area contributed by atoms with Crippen LogP contribution in [0.25, 0.3) is 0 Å². The van der Waals surface area contributed by atoms with E-state index in [2.05, 4.69) is 16.7 Å². The molecule has 0 aromatic carbocycles. The topological polar surface area (TPSA) is 70.2 Å². The lowest BCUT2D eigenvalue weighted by molar-refractivity contribution is -0.143. The molecular formula is C17H31N3O4S. The molecule has 3 rings (SSSR count). The zero-order chi connectivity index (χ0) is 18.0. The number of methoxy groups -OCH3 is 1. The summed E-state index contributed by atoms with van der Waals surface area (Å²) in [6.45, 7) is 7.79. The lowest BCUT2D eigenvalue weighted by Crippen LogP contribution is -2.62. The highest BCUT2D eigenvalue weighted by atomic mass is 32.2. The molecule has 2 atom stereocenters. The van der Waals surface area contributed by atoms with Crippen LogP contribution in [0, 0.1) is 5.92 Å². The van der Waals surface area contributed by atoms with E-state index in [9.17, 15) is 13.2 Å². The molecule has 0 N–H and O–H groups in total. The minimum atomic E-state index is -3.08. The van der Waals surface area contributed by atoms with Gasteiger partial charge in [0.2, 0.25) is 5.91 Å². The Morgan fingerprint density at radius 3 is 2.40 bits per heavy atom. The number of fused-ring (bicyclic) bond motifs is 1. The van der Waals surface area contributed by atoms with E-state index in [1.807, 2.05) is 4.90 Å². The second-order valence-corrected chi connectivity index (χ2v) is 9.63. The Morgan fingerprint density at radius 1 is 1.08 bits per heavy atom. The average molecular weight is 374 g/mol. The van der Waals surface area contributed by atoms with Crippen LogP contribution in [0.2, 0.25) is 0 Å². The van der Waals surface area contributed by atoms with E-state index in [-0.39, 0.29) is 35.4 Å². The number of ether oxygens (including phenoxy) is 1. The van der Waals surface area contributed by atoms with Crippen LogP contribution in [0.4, 0.5) is 0 Å². The van der Waals surface area contributed by atoms with Gasteiger partial charge in [-0.1, -0.05) is 6.92 Å². The van der Waals surface area contributed by atoms with Gasteiger partial charge in [0.1, 0.15) is 0 Å². The Morgan fingerprint density at radius 2 is 1.76 bits per heavy atom. The van der Waals surface area contributed by atoms with Crippen LogP contribution in [0.5, 0.6) is 0 Å². The monoisotopic (exact) mass is 373 g/mol. The Labute approximate surface area is 151 Å². The summed E-state index contributed by atoms with van der Waals surface area (Å²) in [6.07, 6.45) is 1.78. The van der Waals surface area contributed by atoms with E-state index in [0.717, 1.165) is 45.6 Å². The standard InChI is InChI=1S/C17H31N3O4S/c1-3-18-6-4-14(5-7-18)17(21)20-9-8-19(10-11-24-2)15-12-25(22,23)13-16(15)20/h14-16H,3-13H2,1-2H3/t15-,16+/m1/s1. The first-order chi connectivity index (χ1) is 11.9. The van der Waals surface area contributed by atoms with Crippen LogP contribution < -0.4 is 0 Å². The lowest BCUT2D eigenvalue weighted by atomic mass is 9.93. The van der Waals surface area contributed by atoms with E-state index in [4.69, 9.17) is 4.74 Å². The van der Waals surface area contributed by atoms with Crippen molar-refractivity contribution in [2.75, 3.05) is 64.5 Å². The smallest absolute Gasteiger partial charge is 0.226 e. The lowest BCUT2D eigenvalue weighted by Gasteiger charge is -2.45. The minimum Gasteiger partial charge on any atom is -0.383 e. The third kappa shape index (κ3) is 4.18. The summed E-state index contributed by atoms with van der Waals surface area (Å²) in [5, 5.41) is 0. The van der Waals surface area contributed by atoms with E-state index in [0.29, 0.717) is 13.2 Å². The third-order valence-electron chi connectivity index (χ3n) is 6.04. The zero-order valence-electron chi connectivity index (χ0n) is 15.4. The Hall–Kier alpha value is -0.700. The molecular weight excluding hydrogens is 342 g/mol. The second kappa shape index (κ2) is 7.90. The van der Waals surface area contributed by atoms with Gasteiger partial charge in [-0.05, 0) is 32.5 Å². The number of amides is 1. The van der Waals surface area contributed by atoms with Crippen molar-refractivity contribution in [3.05, 3.63) is 0 Å². The zero-order valence-corrected chi connectivity index (χ0v) is 16.2.